The van der Waals surface area contributed by atoms with Crippen molar-refractivity contribution in [3.8, 4) is 0 Å². The molecule has 2 rings (SSSR count). The van der Waals surface area contributed by atoms with Crippen LogP contribution >= 0.6 is 0 Å². The first-order chi connectivity index (χ1) is 5.00. The summed E-state index contributed by atoms with van der Waals surface area (Å²) in [4.78, 5) is 0. The van der Waals surface area contributed by atoms with E-state index in [1.165, 1.54) is 0 Å². The topological polar surface area (TPSA) is 0 Å². The molecule has 0 aromatic carbocycles. The van der Waals surface area contributed by atoms with Crippen LogP contribution in [0.15, 0.2) is 36.5 Å². The molecule has 52 valence electrons. The predicted octanol–water partition coefficient (Wildman–Crippen LogP) is 2.61. The fraction of sp³-hybridized carbons (Fsp3) is 0.200. The van der Waals surface area contributed by atoms with Gasteiger partial charge in [-0.25, -0.2) is 24.3 Å². The molecular formula is C10H10Hg. The molecule has 0 fully saturated rings. The summed E-state index contributed by atoms with van der Waals surface area (Å²) in [6.45, 7) is 0. The summed E-state index contributed by atoms with van der Waals surface area (Å²) in [5, 5.41) is 0. The van der Waals surface area contributed by atoms with E-state index in [9.17, 15) is 0 Å². The van der Waals surface area contributed by atoms with Gasteiger partial charge in [0.2, 0.25) is 0 Å². The Kier molecular flexibility index (Phi) is 7.92. The first-order valence-corrected chi connectivity index (χ1v) is 3.43. The van der Waals surface area contributed by atoms with Gasteiger partial charge in [0.25, 0.3) is 0 Å². The Morgan fingerprint density at radius 2 is 1.27 bits per heavy atom. The number of hydrogen-bond donors (Lipinski definition) is 0. The van der Waals surface area contributed by atoms with E-state index in [2.05, 4.69) is 24.3 Å². The van der Waals surface area contributed by atoms with Gasteiger partial charge in [0.1, 0.15) is 0 Å². The fourth-order valence-electron chi connectivity index (χ4n) is 0.680. The van der Waals surface area contributed by atoms with Crippen LogP contribution in [0.4, 0.5) is 0 Å². The van der Waals surface area contributed by atoms with Crippen molar-refractivity contribution in [3.63, 3.8) is 0 Å². The zero-order valence-corrected chi connectivity index (χ0v) is 12.1. The minimum absolute atomic E-state index is 0. The van der Waals surface area contributed by atoms with Crippen molar-refractivity contribution in [2.75, 3.05) is 0 Å². The van der Waals surface area contributed by atoms with Crippen molar-refractivity contribution in [3.05, 3.63) is 48.6 Å². The first kappa shape index (κ1) is 10.9. The molecule has 0 unspecified atom stereocenters. The Morgan fingerprint density at radius 1 is 0.818 bits per heavy atom. The van der Waals surface area contributed by atoms with Crippen molar-refractivity contribution >= 4 is 0 Å². The molecular weight excluding hydrogens is 321 g/mol. The molecule has 0 saturated heterocycles. The van der Waals surface area contributed by atoms with Crippen LogP contribution in [-0.4, -0.2) is 0 Å². The van der Waals surface area contributed by atoms with E-state index in [1.54, 1.807) is 0 Å². The maximum atomic E-state index is 2.99. The minimum atomic E-state index is 0. The Morgan fingerprint density at radius 3 is 1.36 bits per heavy atom. The molecule has 2 aliphatic rings. The van der Waals surface area contributed by atoms with Crippen LogP contribution in [0.2, 0.25) is 0 Å². The van der Waals surface area contributed by atoms with Gasteiger partial charge < -0.3 is 0 Å². The van der Waals surface area contributed by atoms with E-state index < -0.39 is 0 Å². The summed E-state index contributed by atoms with van der Waals surface area (Å²) in [6, 6.07) is 0. The second-order valence-corrected chi connectivity index (χ2v) is 2.01. The van der Waals surface area contributed by atoms with Crippen LogP contribution < -0.4 is 0 Å². The predicted molar refractivity (Wildman–Crippen MR) is 43.1 cm³/mol. The number of allylic oxidation sites excluding steroid dienone is 8. The third-order valence-electron chi connectivity index (χ3n) is 1.17. The first-order valence-electron chi connectivity index (χ1n) is 3.43. The summed E-state index contributed by atoms with van der Waals surface area (Å²) >= 11 is 0. The monoisotopic (exact) mass is 332 g/mol. The smallest absolute Gasteiger partial charge is 0.273 e. The zero-order valence-electron chi connectivity index (χ0n) is 6.59. The second kappa shape index (κ2) is 8.00. The second-order valence-electron chi connectivity index (χ2n) is 2.01. The average molecular weight is 331 g/mol. The van der Waals surface area contributed by atoms with Crippen LogP contribution in [0, 0.1) is 12.2 Å². The van der Waals surface area contributed by atoms with Crippen molar-refractivity contribution in [1.82, 2.24) is 0 Å². The van der Waals surface area contributed by atoms with Crippen LogP contribution in [-0.2, 0) is 27.7 Å². The third kappa shape index (κ3) is 6.30. The Hall–Kier alpha value is -0.105. The van der Waals surface area contributed by atoms with E-state index >= 15 is 0 Å². The quantitative estimate of drug-likeness (QED) is 0.473. The Bertz CT molecular complexity index is 143. The SMILES string of the molecule is [C-]1=CC=CC1.[C-]1=CC=CC1.[Hg+2]. The molecule has 0 saturated carbocycles. The molecule has 11 heavy (non-hydrogen) atoms. The minimum Gasteiger partial charge on any atom is -0.273 e. The van der Waals surface area contributed by atoms with Gasteiger partial charge in [-0.15, -0.1) is 12.8 Å². The van der Waals surface area contributed by atoms with Gasteiger partial charge in [-0.05, 0) is 0 Å². The van der Waals surface area contributed by atoms with Gasteiger partial charge in [0.15, 0.2) is 0 Å². The van der Waals surface area contributed by atoms with Crippen LogP contribution in [0.25, 0.3) is 0 Å². The summed E-state index contributed by atoms with van der Waals surface area (Å²) < 4.78 is 0. The summed E-state index contributed by atoms with van der Waals surface area (Å²) in [6.07, 6.45) is 20.0. The van der Waals surface area contributed by atoms with Gasteiger partial charge in [0, 0.05) is 0 Å². The average Bonchev–Trinajstić information content (AvgIpc) is 2.67. The largest absolute Gasteiger partial charge is 2.00 e. The van der Waals surface area contributed by atoms with Crippen molar-refractivity contribution in [2.24, 2.45) is 0 Å². The molecule has 0 bridgehead atoms. The van der Waals surface area contributed by atoms with Crippen LogP contribution in [0.1, 0.15) is 12.8 Å². The molecule has 1 heteroatoms. The van der Waals surface area contributed by atoms with E-state index in [0.29, 0.717) is 0 Å². The molecule has 0 radical (unpaired) electrons. The summed E-state index contributed by atoms with van der Waals surface area (Å²) in [5.74, 6) is 0. The van der Waals surface area contributed by atoms with Gasteiger partial charge in [0.05, 0.1) is 0 Å². The molecule has 0 nitrogen and oxygen atoms in total. The maximum Gasteiger partial charge on any atom is 2.00 e. The number of hydrogen-bond acceptors (Lipinski definition) is 0. The van der Waals surface area contributed by atoms with Gasteiger partial charge in [-0.1, -0.05) is 0 Å². The fourth-order valence-corrected chi connectivity index (χ4v) is 0.680. The van der Waals surface area contributed by atoms with Crippen LogP contribution in [0.5, 0.6) is 0 Å². The summed E-state index contributed by atoms with van der Waals surface area (Å²) in [5.41, 5.74) is 0. The summed E-state index contributed by atoms with van der Waals surface area (Å²) in [7, 11) is 0. The number of rotatable bonds is 0. The molecule has 0 aliphatic heterocycles. The van der Waals surface area contributed by atoms with E-state index in [4.69, 9.17) is 0 Å². The van der Waals surface area contributed by atoms with E-state index in [0.717, 1.165) is 12.8 Å². The Labute approximate surface area is 88.9 Å². The molecule has 0 spiro atoms. The van der Waals surface area contributed by atoms with Crippen molar-refractivity contribution in [2.45, 2.75) is 12.8 Å². The van der Waals surface area contributed by atoms with Gasteiger partial charge in [-0.2, -0.15) is 12.2 Å². The standard InChI is InChI=1S/2C5H5.Hg/c2*1-2-4-5-3-1;/h2*1-3H,4H2;/q2*-1;+2. The van der Waals surface area contributed by atoms with Crippen LogP contribution in [0.3, 0.4) is 0 Å². The van der Waals surface area contributed by atoms with Crippen molar-refractivity contribution in [1.29, 1.82) is 0 Å². The molecule has 0 atom stereocenters. The van der Waals surface area contributed by atoms with E-state index in [1.807, 2.05) is 24.3 Å². The van der Waals surface area contributed by atoms with Gasteiger partial charge in [-0.3, -0.25) is 12.2 Å². The Balaban J connectivity index is 0.000000167. The third-order valence-corrected chi connectivity index (χ3v) is 1.17. The molecule has 0 aromatic heterocycles. The molecule has 0 amide bonds. The molecule has 0 N–H and O–H groups in total. The van der Waals surface area contributed by atoms with Crippen molar-refractivity contribution < 1.29 is 27.7 Å². The molecule has 2 aliphatic carbocycles. The van der Waals surface area contributed by atoms with E-state index in [-0.39, 0.29) is 27.7 Å². The maximum absolute atomic E-state index is 2.99. The van der Waals surface area contributed by atoms with Gasteiger partial charge >= 0.3 is 27.7 Å². The molecule has 0 heterocycles. The zero-order chi connectivity index (χ0) is 7.07. The molecule has 0 aromatic rings. The normalized spacial score (nSPS) is 16.0.